The van der Waals surface area contributed by atoms with Crippen molar-refractivity contribution in [2.75, 3.05) is 37.5 Å². The first-order valence-electron chi connectivity index (χ1n) is 6.29. The second kappa shape index (κ2) is 7.02. The number of nitrogens with zero attached hydrogens (tertiary/aromatic N) is 3. The number of hydrogen-bond donors (Lipinski definition) is 1. The summed E-state index contributed by atoms with van der Waals surface area (Å²) in [6.45, 7) is 1.95. The van der Waals surface area contributed by atoms with E-state index in [1.807, 2.05) is 6.07 Å². The van der Waals surface area contributed by atoms with Crippen LogP contribution in [0.2, 0.25) is 0 Å². The fourth-order valence-corrected chi connectivity index (χ4v) is 1.97. The molecule has 21 heavy (non-hydrogen) atoms. The van der Waals surface area contributed by atoms with Crippen LogP contribution in [0.1, 0.15) is 16.1 Å². The van der Waals surface area contributed by atoms with Gasteiger partial charge in [0.1, 0.15) is 23.5 Å². The molecule has 0 spiro atoms. The molecule has 1 fully saturated rings. The number of morpholine rings is 1. The molecule has 2 rings (SSSR count). The zero-order valence-electron chi connectivity index (χ0n) is 11.1. The van der Waals surface area contributed by atoms with Gasteiger partial charge >= 0.3 is 0 Å². The smallest absolute Gasteiger partial charge is 0.254 e. The molecule has 1 N–H and O–H groups in total. The molecule has 0 saturated carbocycles. The number of carbonyl (C=O) groups excluding carboxylic acids is 2. The number of nitriles is 1. The maximum atomic E-state index is 12.4. The molecule has 0 unspecified atom stereocenters. The molecule has 1 aromatic heterocycles. The number of pyridine rings is 1. The van der Waals surface area contributed by atoms with Crippen molar-refractivity contribution in [1.82, 2.24) is 9.88 Å². The van der Waals surface area contributed by atoms with Crippen molar-refractivity contribution in [3.63, 3.8) is 0 Å². The van der Waals surface area contributed by atoms with E-state index in [1.54, 1.807) is 4.90 Å². The molecule has 110 valence electrons. The number of aromatic nitrogens is 1. The van der Waals surface area contributed by atoms with E-state index in [9.17, 15) is 9.59 Å². The van der Waals surface area contributed by atoms with E-state index in [2.05, 4.69) is 10.3 Å². The monoisotopic (exact) mass is 308 g/mol. The summed E-state index contributed by atoms with van der Waals surface area (Å²) < 4.78 is 5.19. The third kappa shape index (κ3) is 3.90. The van der Waals surface area contributed by atoms with E-state index in [0.717, 1.165) is 0 Å². The Kier molecular flexibility index (Phi) is 5.09. The van der Waals surface area contributed by atoms with Crippen molar-refractivity contribution in [2.45, 2.75) is 0 Å². The fraction of sp³-hybridized carbons (Fsp3) is 0.385. The van der Waals surface area contributed by atoms with Gasteiger partial charge in [0.25, 0.3) is 5.91 Å². The van der Waals surface area contributed by atoms with Gasteiger partial charge in [-0.3, -0.25) is 9.59 Å². The molecule has 7 nitrogen and oxygen atoms in total. The number of alkyl halides is 1. The summed E-state index contributed by atoms with van der Waals surface area (Å²) >= 11 is 5.41. The van der Waals surface area contributed by atoms with Gasteiger partial charge in [0, 0.05) is 18.7 Å². The second-order valence-electron chi connectivity index (χ2n) is 4.32. The van der Waals surface area contributed by atoms with Crippen molar-refractivity contribution in [3.8, 4) is 6.07 Å². The average molecular weight is 309 g/mol. The highest BCUT2D eigenvalue weighted by Gasteiger charge is 2.20. The molecule has 1 aliphatic heterocycles. The number of carbonyl (C=O) groups is 2. The minimum Gasteiger partial charge on any atom is -0.378 e. The van der Waals surface area contributed by atoms with Crippen LogP contribution in [0.4, 0.5) is 5.82 Å². The standard InChI is InChI=1S/C13H13ClN4O3/c14-7-12(19)17-11-6-9(5-10(8-15)16-11)13(20)18-1-3-21-4-2-18/h5-6H,1-4,7H2,(H,16,17,19). The first kappa shape index (κ1) is 15.2. The molecule has 0 atom stereocenters. The van der Waals surface area contributed by atoms with Gasteiger partial charge < -0.3 is 15.0 Å². The Balaban J connectivity index is 2.25. The Labute approximate surface area is 126 Å². The number of hydrogen-bond acceptors (Lipinski definition) is 5. The lowest BCUT2D eigenvalue weighted by molar-refractivity contribution is -0.113. The first-order valence-corrected chi connectivity index (χ1v) is 6.82. The van der Waals surface area contributed by atoms with Gasteiger partial charge in [0.15, 0.2) is 0 Å². The van der Waals surface area contributed by atoms with Gasteiger partial charge in [-0.2, -0.15) is 5.26 Å². The normalized spacial score (nSPS) is 14.4. The second-order valence-corrected chi connectivity index (χ2v) is 4.59. The summed E-state index contributed by atoms with van der Waals surface area (Å²) in [5.41, 5.74) is 0.354. The summed E-state index contributed by atoms with van der Waals surface area (Å²) in [7, 11) is 0. The van der Waals surface area contributed by atoms with E-state index < -0.39 is 5.91 Å². The van der Waals surface area contributed by atoms with E-state index in [1.165, 1.54) is 12.1 Å². The van der Waals surface area contributed by atoms with E-state index in [-0.39, 0.29) is 23.3 Å². The molecular formula is C13H13ClN4O3. The van der Waals surface area contributed by atoms with Crippen molar-refractivity contribution in [2.24, 2.45) is 0 Å². The number of anilines is 1. The highest BCUT2D eigenvalue weighted by Crippen LogP contribution is 2.14. The number of nitrogens with one attached hydrogen (secondary N) is 1. The van der Waals surface area contributed by atoms with Crippen LogP contribution in [0.3, 0.4) is 0 Å². The van der Waals surface area contributed by atoms with Crippen molar-refractivity contribution in [1.29, 1.82) is 5.26 Å². The van der Waals surface area contributed by atoms with Crippen LogP contribution >= 0.6 is 11.6 Å². The lowest BCUT2D eigenvalue weighted by Crippen LogP contribution is -2.40. The Morgan fingerprint density at radius 2 is 2.14 bits per heavy atom. The van der Waals surface area contributed by atoms with Gasteiger partial charge in [0.2, 0.25) is 5.91 Å². The SMILES string of the molecule is N#Cc1cc(C(=O)N2CCOCC2)cc(NC(=O)CCl)n1. The van der Waals surface area contributed by atoms with Crippen LogP contribution < -0.4 is 5.32 Å². The van der Waals surface area contributed by atoms with Gasteiger partial charge in [-0.05, 0) is 12.1 Å². The van der Waals surface area contributed by atoms with Crippen molar-refractivity contribution >= 4 is 29.2 Å². The number of amides is 2. The molecule has 0 radical (unpaired) electrons. The molecule has 8 heteroatoms. The van der Waals surface area contributed by atoms with Crippen LogP contribution in [-0.2, 0) is 9.53 Å². The molecule has 0 aliphatic carbocycles. The zero-order valence-corrected chi connectivity index (χ0v) is 11.9. The zero-order chi connectivity index (χ0) is 15.2. The average Bonchev–Trinajstić information content (AvgIpc) is 2.54. The lowest BCUT2D eigenvalue weighted by atomic mass is 10.2. The molecule has 1 aliphatic rings. The number of rotatable bonds is 3. The molecule has 2 amide bonds. The van der Waals surface area contributed by atoms with Crippen LogP contribution in [-0.4, -0.2) is 53.9 Å². The molecule has 0 aromatic carbocycles. The Morgan fingerprint density at radius 1 is 1.43 bits per heavy atom. The maximum Gasteiger partial charge on any atom is 0.254 e. The van der Waals surface area contributed by atoms with Gasteiger partial charge in [-0.1, -0.05) is 0 Å². The van der Waals surface area contributed by atoms with Crippen LogP contribution in [0.5, 0.6) is 0 Å². The Hall–Kier alpha value is -2.17. The third-order valence-electron chi connectivity index (χ3n) is 2.87. The van der Waals surface area contributed by atoms with E-state index in [0.29, 0.717) is 31.9 Å². The third-order valence-corrected chi connectivity index (χ3v) is 3.12. The molecule has 0 bridgehead atoms. The summed E-state index contributed by atoms with van der Waals surface area (Å²) in [4.78, 5) is 29.2. The molecule has 2 heterocycles. The van der Waals surface area contributed by atoms with E-state index >= 15 is 0 Å². The predicted molar refractivity (Wildman–Crippen MR) is 75.0 cm³/mol. The largest absolute Gasteiger partial charge is 0.378 e. The van der Waals surface area contributed by atoms with Crippen molar-refractivity contribution < 1.29 is 14.3 Å². The lowest BCUT2D eigenvalue weighted by Gasteiger charge is -2.27. The van der Waals surface area contributed by atoms with Gasteiger partial charge in [-0.15, -0.1) is 11.6 Å². The van der Waals surface area contributed by atoms with Crippen molar-refractivity contribution in [3.05, 3.63) is 23.4 Å². The minimum absolute atomic E-state index is 0.0546. The number of ether oxygens (including phenoxy) is 1. The van der Waals surface area contributed by atoms with Crippen LogP contribution in [0, 0.1) is 11.3 Å². The Morgan fingerprint density at radius 3 is 2.76 bits per heavy atom. The maximum absolute atomic E-state index is 12.4. The summed E-state index contributed by atoms with van der Waals surface area (Å²) in [5, 5.41) is 11.4. The quantitative estimate of drug-likeness (QED) is 0.825. The minimum atomic E-state index is -0.455. The fourth-order valence-electron chi connectivity index (χ4n) is 1.90. The summed E-state index contributed by atoms with van der Waals surface area (Å²) in [6.07, 6.45) is 0. The molecule has 1 aromatic rings. The molecule has 1 saturated heterocycles. The van der Waals surface area contributed by atoms with Gasteiger partial charge in [-0.25, -0.2) is 4.98 Å². The first-order chi connectivity index (χ1) is 10.1. The number of halogens is 1. The molecular weight excluding hydrogens is 296 g/mol. The summed E-state index contributed by atoms with van der Waals surface area (Å²) in [5.74, 6) is -0.774. The highest BCUT2D eigenvalue weighted by atomic mass is 35.5. The highest BCUT2D eigenvalue weighted by molar-refractivity contribution is 6.29. The van der Waals surface area contributed by atoms with E-state index in [4.69, 9.17) is 21.6 Å². The van der Waals surface area contributed by atoms with Gasteiger partial charge in [0.05, 0.1) is 13.2 Å². The van der Waals surface area contributed by atoms with Crippen LogP contribution in [0.25, 0.3) is 0 Å². The Bertz CT molecular complexity index is 594. The topological polar surface area (TPSA) is 95.3 Å². The van der Waals surface area contributed by atoms with Crippen LogP contribution in [0.15, 0.2) is 12.1 Å². The predicted octanol–water partition coefficient (Wildman–Crippen LogP) is 0.603. The summed E-state index contributed by atoms with van der Waals surface area (Å²) in [6, 6.07) is 4.70.